The molecule has 0 atom stereocenters. The summed E-state index contributed by atoms with van der Waals surface area (Å²) < 4.78 is 2.39. The number of nitrogens with zero attached hydrogens (tertiary/aromatic N) is 4. The second-order valence-electron chi connectivity index (χ2n) is 15.6. The SMILES string of the molecule is c1ccc(-c2nc(-c3ccc(-c4ccc5nc(-c6ccccc6)c6ccc7c(c8ccccc8n7-c7ccccc7)c6c5c4)cc3)cc(-c3ccc4ccccc4c3)n2)cc1. The van der Waals surface area contributed by atoms with Crippen LogP contribution in [0.15, 0.2) is 218 Å². The summed E-state index contributed by atoms with van der Waals surface area (Å²) in [6, 6.07) is 77.4. The zero-order chi connectivity index (χ0) is 40.3. The maximum absolute atomic E-state index is 5.38. The van der Waals surface area contributed by atoms with Crippen LogP contribution in [0.25, 0.3) is 116 Å². The fraction of sp³-hybridized carbons (Fsp3) is 0. The average molecular weight is 777 g/mol. The highest BCUT2D eigenvalue weighted by Gasteiger charge is 2.20. The van der Waals surface area contributed by atoms with E-state index in [9.17, 15) is 0 Å². The van der Waals surface area contributed by atoms with Crippen LogP contribution in [0.5, 0.6) is 0 Å². The molecule has 0 fully saturated rings. The van der Waals surface area contributed by atoms with E-state index in [1.807, 2.05) is 18.2 Å². The van der Waals surface area contributed by atoms with Crippen molar-refractivity contribution in [2.75, 3.05) is 0 Å². The van der Waals surface area contributed by atoms with E-state index >= 15 is 0 Å². The topological polar surface area (TPSA) is 43.6 Å². The van der Waals surface area contributed by atoms with Crippen LogP contribution < -0.4 is 0 Å². The molecule has 3 aromatic heterocycles. The van der Waals surface area contributed by atoms with E-state index in [0.29, 0.717) is 5.82 Å². The maximum atomic E-state index is 5.38. The van der Waals surface area contributed by atoms with Gasteiger partial charge in [0.25, 0.3) is 0 Å². The highest BCUT2D eigenvalue weighted by molar-refractivity contribution is 6.29. The number of hydrogen-bond acceptors (Lipinski definition) is 3. The van der Waals surface area contributed by atoms with Crippen molar-refractivity contribution in [3.05, 3.63) is 218 Å². The minimum atomic E-state index is 0.703. The third-order valence-corrected chi connectivity index (χ3v) is 12.0. The second kappa shape index (κ2) is 14.3. The molecule has 0 saturated carbocycles. The van der Waals surface area contributed by atoms with Gasteiger partial charge in [0.15, 0.2) is 5.82 Å². The minimum absolute atomic E-state index is 0.703. The van der Waals surface area contributed by atoms with Crippen LogP contribution in [-0.4, -0.2) is 19.5 Å². The van der Waals surface area contributed by atoms with Crippen LogP contribution >= 0.6 is 0 Å². The zero-order valence-electron chi connectivity index (χ0n) is 33.1. The molecule has 0 aliphatic rings. The second-order valence-corrected chi connectivity index (χ2v) is 15.6. The predicted molar refractivity (Wildman–Crippen MR) is 254 cm³/mol. The Hall–Kier alpha value is -8.21. The van der Waals surface area contributed by atoms with E-state index < -0.39 is 0 Å². The van der Waals surface area contributed by atoms with Gasteiger partial charge in [-0.3, -0.25) is 0 Å². The fourth-order valence-electron chi connectivity index (χ4n) is 9.04. The van der Waals surface area contributed by atoms with Gasteiger partial charge in [0.05, 0.1) is 33.6 Å². The number of fused-ring (bicyclic) bond motifs is 8. The number of benzene rings is 9. The van der Waals surface area contributed by atoms with E-state index in [-0.39, 0.29) is 0 Å². The van der Waals surface area contributed by atoms with Gasteiger partial charge in [-0.1, -0.05) is 170 Å². The van der Waals surface area contributed by atoms with Crippen molar-refractivity contribution in [3.63, 3.8) is 0 Å². The van der Waals surface area contributed by atoms with Crippen LogP contribution in [0.1, 0.15) is 0 Å². The summed E-state index contributed by atoms with van der Waals surface area (Å²) >= 11 is 0. The first-order valence-corrected chi connectivity index (χ1v) is 20.7. The first kappa shape index (κ1) is 34.8. The summed E-state index contributed by atoms with van der Waals surface area (Å²) in [6.45, 7) is 0. The van der Waals surface area contributed by atoms with Gasteiger partial charge in [-0.05, 0) is 70.4 Å². The van der Waals surface area contributed by atoms with Crippen molar-refractivity contribution < 1.29 is 0 Å². The predicted octanol–water partition coefficient (Wildman–Crippen LogP) is 14.8. The van der Waals surface area contributed by atoms with Crippen molar-refractivity contribution in [3.8, 4) is 62.0 Å². The van der Waals surface area contributed by atoms with E-state index in [0.717, 1.165) is 72.4 Å². The monoisotopic (exact) mass is 776 g/mol. The first-order valence-electron chi connectivity index (χ1n) is 20.7. The standard InChI is InChI=1S/C57H36N4/c1-4-15-40(16-5-1)56-47-31-33-53-55(46-22-12-13-23-52(46)61(53)45-20-8-3-9-21-45)54(47)48-35-43(30-32-49(48)58-56)38-24-27-39(28-25-38)50-36-51(60-57(59-50)41-17-6-2-7-18-41)44-29-26-37-14-10-11-19-42(37)34-44/h1-36H. The molecule has 4 nitrogen and oxygen atoms in total. The lowest BCUT2D eigenvalue weighted by Crippen LogP contribution is -1.96. The Balaban J connectivity index is 1.03. The third kappa shape index (κ3) is 5.96. The van der Waals surface area contributed by atoms with Crippen LogP contribution in [0, 0.1) is 0 Å². The van der Waals surface area contributed by atoms with Crippen LogP contribution in [0.2, 0.25) is 0 Å². The largest absolute Gasteiger partial charge is 0.309 e. The molecule has 0 aliphatic heterocycles. The Morgan fingerprint density at radius 2 is 0.934 bits per heavy atom. The Morgan fingerprint density at radius 1 is 0.311 bits per heavy atom. The van der Waals surface area contributed by atoms with Gasteiger partial charge < -0.3 is 4.57 Å². The molecule has 0 spiro atoms. The van der Waals surface area contributed by atoms with Gasteiger partial charge in [-0.15, -0.1) is 0 Å². The zero-order valence-corrected chi connectivity index (χ0v) is 33.1. The van der Waals surface area contributed by atoms with Crippen LogP contribution in [0.3, 0.4) is 0 Å². The minimum Gasteiger partial charge on any atom is -0.309 e. The number of pyridine rings is 1. The van der Waals surface area contributed by atoms with Crippen molar-refractivity contribution in [2.24, 2.45) is 0 Å². The number of para-hydroxylation sites is 2. The van der Waals surface area contributed by atoms with E-state index in [4.69, 9.17) is 15.0 Å². The summed E-state index contributed by atoms with van der Waals surface area (Å²) in [5.74, 6) is 0.703. The Morgan fingerprint density at radius 3 is 1.72 bits per heavy atom. The Kier molecular flexibility index (Phi) is 8.13. The molecular formula is C57H36N4. The van der Waals surface area contributed by atoms with Crippen molar-refractivity contribution in [1.82, 2.24) is 19.5 Å². The Labute approximate surface area is 352 Å². The van der Waals surface area contributed by atoms with Crippen molar-refractivity contribution in [1.29, 1.82) is 0 Å². The maximum Gasteiger partial charge on any atom is 0.160 e. The van der Waals surface area contributed by atoms with Crippen molar-refractivity contribution in [2.45, 2.75) is 0 Å². The normalized spacial score (nSPS) is 11.6. The average Bonchev–Trinajstić information content (AvgIpc) is 3.68. The molecule has 284 valence electrons. The van der Waals surface area contributed by atoms with E-state index in [1.165, 1.54) is 38.0 Å². The summed E-state index contributed by atoms with van der Waals surface area (Å²) in [6.07, 6.45) is 0. The molecule has 4 heteroatoms. The van der Waals surface area contributed by atoms with Gasteiger partial charge >= 0.3 is 0 Å². The summed E-state index contributed by atoms with van der Waals surface area (Å²) in [5, 5.41) is 8.31. The lowest BCUT2D eigenvalue weighted by atomic mass is 9.94. The van der Waals surface area contributed by atoms with E-state index in [1.54, 1.807) is 0 Å². The molecule has 0 bridgehead atoms. The highest BCUT2D eigenvalue weighted by Crippen LogP contribution is 2.43. The fourth-order valence-corrected chi connectivity index (χ4v) is 9.04. The Bertz CT molecular complexity index is 3610. The van der Waals surface area contributed by atoms with Gasteiger partial charge in [0.2, 0.25) is 0 Å². The molecule has 0 radical (unpaired) electrons. The van der Waals surface area contributed by atoms with Gasteiger partial charge in [-0.2, -0.15) is 0 Å². The lowest BCUT2D eigenvalue weighted by molar-refractivity contribution is 1.18. The molecule has 12 rings (SSSR count). The quantitative estimate of drug-likeness (QED) is 0.158. The first-order chi connectivity index (χ1) is 30.2. The molecule has 3 heterocycles. The van der Waals surface area contributed by atoms with Crippen LogP contribution in [0.4, 0.5) is 0 Å². The molecule has 0 N–H and O–H groups in total. The molecule has 61 heavy (non-hydrogen) atoms. The van der Waals surface area contributed by atoms with Gasteiger partial charge in [0.1, 0.15) is 0 Å². The molecule has 12 aromatic rings. The summed E-state index contributed by atoms with van der Waals surface area (Å²) in [4.78, 5) is 15.6. The van der Waals surface area contributed by atoms with Gasteiger partial charge in [-0.25, -0.2) is 15.0 Å². The summed E-state index contributed by atoms with van der Waals surface area (Å²) in [7, 11) is 0. The number of rotatable bonds is 6. The third-order valence-electron chi connectivity index (χ3n) is 12.0. The molecule has 0 unspecified atom stereocenters. The number of aromatic nitrogens is 4. The number of hydrogen-bond donors (Lipinski definition) is 0. The molecule has 9 aromatic carbocycles. The smallest absolute Gasteiger partial charge is 0.160 e. The van der Waals surface area contributed by atoms with Gasteiger partial charge in [0, 0.05) is 54.9 Å². The lowest BCUT2D eigenvalue weighted by Gasteiger charge is -2.14. The molecular weight excluding hydrogens is 741 g/mol. The van der Waals surface area contributed by atoms with Crippen molar-refractivity contribution >= 4 is 54.3 Å². The van der Waals surface area contributed by atoms with E-state index in [2.05, 4.69) is 205 Å². The summed E-state index contributed by atoms with van der Waals surface area (Å²) in [5.41, 5.74) is 13.6. The molecule has 0 saturated heterocycles. The highest BCUT2D eigenvalue weighted by atomic mass is 15.0. The van der Waals surface area contributed by atoms with Crippen LogP contribution in [-0.2, 0) is 0 Å². The molecule has 0 amide bonds. The molecule has 0 aliphatic carbocycles.